The van der Waals surface area contributed by atoms with Gasteiger partial charge in [0.1, 0.15) is 17.4 Å². The number of anilines is 1. The Hall–Kier alpha value is -3.95. The molecule has 0 saturated carbocycles. The van der Waals surface area contributed by atoms with Gasteiger partial charge in [0, 0.05) is 38.5 Å². The first kappa shape index (κ1) is 32.4. The van der Waals surface area contributed by atoms with E-state index in [0.717, 1.165) is 12.0 Å². The zero-order valence-electron chi connectivity index (χ0n) is 26.2. The van der Waals surface area contributed by atoms with Gasteiger partial charge in [-0.3, -0.25) is 14.4 Å². The van der Waals surface area contributed by atoms with Crippen LogP contribution in [0.25, 0.3) is 0 Å². The monoisotopic (exact) mass is 615 g/mol. The molecule has 5 atom stereocenters. The summed E-state index contributed by atoms with van der Waals surface area (Å²) >= 11 is 0. The Balaban J connectivity index is 1.48. The van der Waals surface area contributed by atoms with E-state index in [-0.39, 0.29) is 30.9 Å². The molecule has 1 N–H and O–H groups in total. The maximum absolute atomic E-state index is 14.6. The van der Waals surface area contributed by atoms with Gasteiger partial charge in [-0.2, -0.15) is 0 Å². The molecule has 1 spiro atoms. The van der Waals surface area contributed by atoms with Gasteiger partial charge in [0.25, 0.3) is 0 Å². The molecule has 2 aromatic carbocycles. The molecule has 0 aromatic heterocycles. The summed E-state index contributed by atoms with van der Waals surface area (Å²) in [5.41, 5.74) is 0.560. The second-order valence-corrected chi connectivity index (χ2v) is 12.0. The molecule has 3 aliphatic rings. The highest BCUT2D eigenvalue weighted by atomic mass is 16.5. The Bertz CT molecular complexity index is 1360. The van der Waals surface area contributed by atoms with Crippen molar-refractivity contribution in [2.75, 3.05) is 37.7 Å². The number of fused-ring (bicyclic) bond motifs is 1. The standard InChI is InChI=1S/C36H45N3O6/c1-4-21-37(25-26-13-9-7-10-14-26)35(43)32-36-20-19-29(45-36)30(31(36)34(42)39(32)23-11-8-12-24-40)33(41)38(22-5-2)27-15-17-28(18-16-27)44-6-3/h4-5,7,9-10,13-18,29-32,40H,1-2,6,8,11-12,19-25H2,3H3/t29-,30+,31-,32?,36?/m0/s1. The van der Waals surface area contributed by atoms with Crippen molar-refractivity contribution >= 4 is 23.4 Å². The number of amides is 3. The third-order valence-electron chi connectivity index (χ3n) is 9.29. The maximum atomic E-state index is 14.6. The molecule has 9 heteroatoms. The molecule has 3 amide bonds. The normalized spacial score (nSPS) is 24.8. The second-order valence-electron chi connectivity index (χ2n) is 12.0. The fraction of sp³-hybridized carbons (Fsp3) is 0.472. The Morgan fingerprint density at radius 3 is 2.44 bits per heavy atom. The lowest BCUT2D eigenvalue weighted by Crippen LogP contribution is -2.56. The van der Waals surface area contributed by atoms with E-state index in [2.05, 4.69) is 13.2 Å². The molecule has 9 nitrogen and oxygen atoms in total. The van der Waals surface area contributed by atoms with Gasteiger partial charge in [0.2, 0.25) is 17.7 Å². The zero-order chi connectivity index (χ0) is 32.0. The Kier molecular flexibility index (Phi) is 10.4. The summed E-state index contributed by atoms with van der Waals surface area (Å²) in [7, 11) is 0. The molecule has 3 saturated heterocycles. The molecule has 0 aliphatic carbocycles. The highest BCUT2D eigenvalue weighted by Gasteiger charge is 2.74. The van der Waals surface area contributed by atoms with Gasteiger partial charge in [-0.05, 0) is 68.9 Å². The average Bonchev–Trinajstić information content (AvgIpc) is 3.69. The number of carbonyl (C=O) groups is 3. The first-order valence-electron chi connectivity index (χ1n) is 16.1. The Morgan fingerprint density at radius 2 is 1.78 bits per heavy atom. The van der Waals surface area contributed by atoms with Crippen LogP contribution in [0.15, 0.2) is 79.9 Å². The lowest BCUT2D eigenvalue weighted by Gasteiger charge is -2.37. The number of hydrogen-bond acceptors (Lipinski definition) is 6. The molecule has 45 heavy (non-hydrogen) atoms. The molecule has 0 radical (unpaired) electrons. The summed E-state index contributed by atoms with van der Waals surface area (Å²) in [6.45, 7) is 11.6. The number of nitrogens with zero attached hydrogens (tertiary/aromatic N) is 3. The number of ether oxygens (including phenoxy) is 2. The smallest absolute Gasteiger partial charge is 0.248 e. The average molecular weight is 616 g/mol. The molecule has 3 heterocycles. The first-order chi connectivity index (χ1) is 21.9. The molecular weight excluding hydrogens is 570 g/mol. The maximum Gasteiger partial charge on any atom is 0.248 e. The Morgan fingerprint density at radius 1 is 1.04 bits per heavy atom. The number of rotatable bonds is 16. The summed E-state index contributed by atoms with van der Waals surface area (Å²) < 4.78 is 12.3. The van der Waals surface area contributed by atoms with E-state index in [1.54, 1.807) is 26.9 Å². The van der Waals surface area contributed by atoms with E-state index < -0.39 is 29.6 Å². The van der Waals surface area contributed by atoms with E-state index in [9.17, 15) is 19.5 Å². The van der Waals surface area contributed by atoms with Gasteiger partial charge >= 0.3 is 0 Å². The molecule has 240 valence electrons. The number of benzene rings is 2. The number of hydrogen-bond donors (Lipinski definition) is 1. The van der Waals surface area contributed by atoms with Gasteiger partial charge in [0.15, 0.2) is 0 Å². The topological polar surface area (TPSA) is 99.6 Å². The van der Waals surface area contributed by atoms with Crippen molar-refractivity contribution in [1.29, 1.82) is 0 Å². The summed E-state index contributed by atoms with van der Waals surface area (Å²) in [4.78, 5) is 48.5. The number of aliphatic hydroxyl groups excluding tert-OH is 1. The van der Waals surface area contributed by atoms with E-state index in [4.69, 9.17) is 9.47 Å². The minimum atomic E-state index is -1.09. The van der Waals surface area contributed by atoms with Crippen LogP contribution in [0.2, 0.25) is 0 Å². The number of unbranched alkanes of at least 4 members (excludes halogenated alkanes) is 2. The summed E-state index contributed by atoms with van der Waals surface area (Å²) in [6.07, 6.45) is 5.99. The summed E-state index contributed by atoms with van der Waals surface area (Å²) in [5, 5.41) is 9.34. The molecule has 2 unspecified atom stereocenters. The second kappa shape index (κ2) is 14.4. The van der Waals surface area contributed by atoms with Crippen LogP contribution in [0, 0.1) is 11.8 Å². The zero-order valence-corrected chi connectivity index (χ0v) is 26.2. The van der Waals surface area contributed by atoms with Crippen LogP contribution in [-0.2, 0) is 25.7 Å². The fourth-order valence-electron chi connectivity index (χ4n) is 7.41. The highest BCUT2D eigenvalue weighted by Crippen LogP contribution is 2.59. The SMILES string of the molecule is C=CCN(Cc1ccccc1)C(=O)C1N(CCCCCO)C(=O)[C@@H]2[C@H](C(=O)N(CC=C)c3ccc(OCC)cc3)[C@@H]3CCC12O3. The minimum absolute atomic E-state index is 0.0686. The number of carbonyl (C=O) groups excluding carboxylic acids is 3. The van der Waals surface area contributed by atoms with Gasteiger partial charge in [-0.15, -0.1) is 13.2 Å². The van der Waals surface area contributed by atoms with Gasteiger partial charge in [0.05, 0.1) is 24.5 Å². The van der Waals surface area contributed by atoms with Crippen LogP contribution in [0.4, 0.5) is 5.69 Å². The molecule has 2 bridgehead atoms. The lowest BCUT2D eigenvalue weighted by molar-refractivity contribution is -0.148. The van der Waals surface area contributed by atoms with Gasteiger partial charge in [-0.25, -0.2) is 0 Å². The highest BCUT2D eigenvalue weighted by molar-refractivity contribution is 6.03. The van der Waals surface area contributed by atoms with Crippen LogP contribution in [0.5, 0.6) is 5.75 Å². The third kappa shape index (κ3) is 6.29. The van der Waals surface area contributed by atoms with Crippen LogP contribution < -0.4 is 9.64 Å². The van der Waals surface area contributed by atoms with Crippen molar-refractivity contribution in [3.63, 3.8) is 0 Å². The van der Waals surface area contributed by atoms with E-state index in [1.165, 1.54) is 0 Å². The minimum Gasteiger partial charge on any atom is -0.494 e. The van der Waals surface area contributed by atoms with Crippen molar-refractivity contribution in [3.8, 4) is 5.75 Å². The number of likely N-dealkylation sites (tertiary alicyclic amines) is 1. The largest absolute Gasteiger partial charge is 0.494 e. The first-order valence-corrected chi connectivity index (χ1v) is 16.1. The van der Waals surface area contributed by atoms with E-state index >= 15 is 0 Å². The summed E-state index contributed by atoms with van der Waals surface area (Å²) in [5.74, 6) is -1.39. The molecule has 5 rings (SSSR count). The van der Waals surface area contributed by atoms with Crippen LogP contribution in [-0.4, -0.2) is 83.2 Å². The third-order valence-corrected chi connectivity index (χ3v) is 9.29. The number of aliphatic hydroxyl groups is 1. The van der Waals surface area contributed by atoms with Crippen molar-refractivity contribution in [1.82, 2.24) is 9.80 Å². The van der Waals surface area contributed by atoms with Crippen molar-refractivity contribution < 1.29 is 29.0 Å². The quantitative estimate of drug-likeness (QED) is 0.223. The van der Waals surface area contributed by atoms with Crippen LogP contribution >= 0.6 is 0 Å². The predicted molar refractivity (Wildman–Crippen MR) is 172 cm³/mol. The predicted octanol–water partition coefficient (Wildman–Crippen LogP) is 4.36. The molecule has 3 fully saturated rings. The van der Waals surface area contributed by atoms with Gasteiger partial charge < -0.3 is 29.3 Å². The van der Waals surface area contributed by atoms with E-state index in [1.807, 2.05) is 61.5 Å². The van der Waals surface area contributed by atoms with Gasteiger partial charge in [-0.1, -0.05) is 42.5 Å². The van der Waals surface area contributed by atoms with Crippen molar-refractivity contribution in [3.05, 3.63) is 85.5 Å². The van der Waals surface area contributed by atoms with Crippen molar-refractivity contribution in [2.24, 2.45) is 11.8 Å². The molecule has 2 aromatic rings. The van der Waals surface area contributed by atoms with E-state index in [0.29, 0.717) is 63.4 Å². The fourth-order valence-corrected chi connectivity index (χ4v) is 7.41. The van der Waals surface area contributed by atoms with Crippen LogP contribution in [0.3, 0.4) is 0 Å². The van der Waals surface area contributed by atoms with Crippen LogP contribution in [0.1, 0.15) is 44.6 Å². The molecular formula is C36H45N3O6. The molecule has 3 aliphatic heterocycles. The summed E-state index contributed by atoms with van der Waals surface area (Å²) in [6, 6.07) is 16.2. The Labute approximate surface area is 266 Å². The lowest BCUT2D eigenvalue weighted by atomic mass is 9.70. The van der Waals surface area contributed by atoms with Crippen molar-refractivity contribution in [2.45, 2.75) is 63.3 Å².